The third kappa shape index (κ3) is 5.06. The molecule has 2 rings (SSSR count). The molecule has 0 unspecified atom stereocenters. The Kier molecular flexibility index (Phi) is 8.23. The van der Waals surface area contributed by atoms with Crippen LogP contribution >= 0.6 is 0 Å². The molecule has 0 spiro atoms. The summed E-state index contributed by atoms with van der Waals surface area (Å²) in [7, 11) is 1.38. The third-order valence-electron chi connectivity index (χ3n) is 5.35. The lowest BCUT2D eigenvalue weighted by Gasteiger charge is -2.46. The summed E-state index contributed by atoms with van der Waals surface area (Å²) in [6, 6.07) is 9.36. The predicted octanol–water partition coefficient (Wildman–Crippen LogP) is 3.58. The lowest BCUT2D eigenvalue weighted by atomic mass is 9.84. The predicted molar refractivity (Wildman–Crippen MR) is 104 cm³/mol. The van der Waals surface area contributed by atoms with Crippen molar-refractivity contribution in [2.24, 2.45) is 0 Å². The summed E-state index contributed by atoms with van der Waals surface area (Å²) in [5.41, 5.74) is -0.246. The van der Waals surface area contributed by atoms with Crippen molar-refractivity contribution >= 4 is 17.6 Å². The van der Waals surface area contributed by atoms with Gasteiger partial charge in [-0.2, -0.15) is 0 Å². The Bertz CT molecular complexity index is 601. The molecule has 0 atom stereocenters. The number of piperidine rings is 1. The molecular weight excluding hydrogens is 346 g/mol. The number of amides is 1. The topological polar surface area (TPSA) is 49.9 Å². The van der Waals surface area contributed by atoms with Crippen molar-refractivity contribution in [1.29, 1.82) is 0 Å². The first-order valence-electron chi connectivity index (χ1n) is 9.84. The molecule has 0 saturated carbocycles. The first kappa shape index (κ1) is 21.4. The largest absolute Gasteiger partial charge is 0.467 e. The number of methoxy groups -OCH3 is 1. The minimum atomic E-state index is -0.974. The van der Waals surface area contributed by atoms with Crippen LogP contribution in [0, 0.1) is 0 Å². The molecule has 27 heavy (non-hydrogen) atoms. The Labute approximate surface area is 161 Å². The smallest absolute Gasteiger partial charge is 0.332 e. The number of ether oxygens (including phenoxy) is 1. The second-order valence-corrected chi connectivity index (χ2v) is 7.03. The third-order valence-corrected chi connectivity index (χ3v) is 5.35. The second-order valence-electron chi connectivity index (χ2n) is 7.03. The molecule has 1 saturated heterocycles. The molecule has 1 aromatic rings. The van der Waals surface area contributed by atoms with E-state index in [0.717, 1.165) is 25.1 Å². The van der Waals surface area contributed by atoms with Gasteiger partial charge in [-0.3, -0.25) is 14.1 Å². The normalized spacial score (nSPS) is 16.7. The van der Waals surface area contributed by atoms with Gasteiger partial charge in [-0.15, -0.1) is 0 Å². The zero-order valence-electron chi connectivity index (χ0n) is 16.5. The second kappa shape index (κ2) is 10.4. The molecule has 6 heteroatoms. The maximum absolute atomic E-state index is 12.9. The Morgan fingerprint density at radius 1 is 1.15 bits per heavy atom. The molecule has 1 aliphatic heterocycles. The summed E-state index contributed by atoms with van der Waals surface area (Å²) in [4.78, 5) is 29.6. The fourth-order valence-corrected chi connectivity index (χ4v) is 3.83. The summed E-state index contributed by atoms with van der Waals surface area (Å²) in [5.74, 6) is -0.437. The maximum Gasteiger partial charge on any atom is 0.332 e. The first-order valence-corrected chi connectivity index (χ1v) is 9.84. The summed E-state index contributed by atoms with van der Waals surface area (Å²) >= 11 is 0. The molecule has 5 nitrogen and oxygen atoms in total. The van der Waals surface area contributed by atoms with Crippen molar-refractivity contribution < 1.29 is 18.7 Å². The van der Waals surface area contributed by atoms with Gasteiger partial charge < -0.3 is 9.64 Å². The molecule has 1 aliphatic rings. The number of para-hydroxylation sites is 1. The van der Waals surface area contributed by atoms with Crippen LogP contribution in [0.2, 0.25) is 0 Å². The first-order chi connectivity index (χ1) is 13.1. The van der Waals surface area contributed by atoms with Gasteiger partial charge in [0.05, 0.1) is 13.8 Å². The van der Waals surface area contributed by atoms with Crippen LogP contribution in [0.4, 0.5) is 10.1 Å². The van der Waals surface area contributed by atoms with E-state index in [1.165, 1.54) is 7.11 Å². The molecule has 1 amide bonds. The minimum absolute atomic E-state index is 0.0806. The molecule has 0 N–H and O–H groups in total. The lowest BCUT2D eigenvalue weighted by molar-refractivity contribution is -0.151. The molecule has 1 heterocycles. The van der Waals surface area contributed by atoms with Crippen molar-refractivity contribution in [1.82, 2.24) is 4.90 Å². The van der Waals surface area contributed by atoms with Gasteiger partial charge in [-0.1, -0.05) is 25.1 Å². The molecule has 1 fully saturated rings. The van der Waals surface area contributed by atoms with Crippen molar-refractivity contribution in [3.63, 3.8) is 0 Å². The number of carbonyl (C=O) groups excluding carboxylic acids is 2. The molecular formula is C21H31FN2O3. The quantitative estimate of drug-likeness (QED) is 0.488. The van der Waals surface area contributed by atoms with Gasteiger partial charge in [0.2, 0.25) is 5.91 Å². The van der Waals surface area contributed by atoms with Gasteiger partial charge in [0.15, 0.2) is 0 Å². The zero-order valence-corrected chi connectivity index (χ0v) is 16.5. The number of unbranched alkanes of at least 4 members (excludes halogenated alkanes) is 2. The number of esters is 1. The van der Waals surface area contributed by atoms with E-state index in [9.17, 15) is 14.0 Å². The van der Waals surface area contributed by atoms with Crippen LogP contribution in [0.25, 0.3) is 0 Å². The van der Waals surface area contributed by atoms with Crippen LogP contribution in [-0.2, 0) is 14.3 Å². The van der Waals surface area contributed by atoms with E-state index in [4.69, 9.17) is 4.74 Å². The van der Waals surface area contributed by atoms with Crippen molar-refractivity contribution in [2.45, 2.75) is 51.0 Å². The van der Waals surface area contributed by atoms with Gasteiger partial charge in [0, 0.05) is 25.2 Å². The summed E-state index contributed by atoms with van der Waals surface area (Å²) in [6.45, 7) is 3.86. The maximum atomic E-state index is 12.9. The van der Waals surface area contributed by atoms with Crippen LogP contribution < -0.4 is 4.90 Å². The highest BCUT2D eigenvalue weighted by molar-refractivity contribution is 6.02. The Morgan fingerprint density at radius 3 is 2.37 bits per heavy atom. The number of likely N-dealkylation sites (tertiary alicyclic amines) is 1. The van der Waals surface area contributed by atoms with Crippen LogP contribution in [-0.4, -0.2) is 55.7 Å². The highest BCUT2D eigenvalue weighted by Crippen LogP contribution is 2.35. The number of halogens is 1. The molecule has 0 bridgehead atoms. The van der Waals surface area contributed by atoms with E-state index in [1.807, 2.05) is 37.3 Å². The molecule has 0 aromatic heterocycles. The Balaban J connectivity index is 2.21. The van der Waals surface area contributed by atoms with E-state index < -0.39 is 5.54 Å². The number of hydrogen-bond acceptors (Lipinski definition) is 4. The summed E-state index contributed by atoms with van der Waals surface area (Å²) in [5, 5.41) is 0. The van der Waals surface area contributed by atoms with Crippen molar-refractivity contribution in [3.8, 4) is 0 Å². The van der Waals surface area contributed by atoms with Crippen LogP contribution in [0.15, 0.2) is 30.3 Å². The highest BCUT2D eigenvalue weighted by atomic mass is 18.2. The summed E-state index contributed by atoms with van der Waals surface area (Å²) in [6.07, 6.45) is 3.81. The SMILES string of the molecule is CCC(=O)N(c1ccccc1)C1(C(=O)OC)CCN(CCCCC[18F])CC1. The van der Waals surface area contributed by atoms with Gasteiger partial charge in [-0.25, -0.2) is 4.79 Å². The number of rotatable bonds is 9. The number of anilines is 1. The van der Waals surface area contributed by atoms with Crippen LogP contribution in [0.3, 0.4) is 0 Å². The van der Waals surface area contributed by atoms with Gasteiger partial charge in [0.1, 0.15) is 5.54 Å². The van der Waals surface area contributed by atoms with E-state index in [0.29, 0.717) is 38.8 Å². The van der Waals surface area contributed by atoms with Crippen LogP contribution in [0.5, 0.6) is 0 Å². The zero-order chi connectivity index (χ0) is 19.7. The number of benzene rings is 1. The number of alkyl halides is 1. The van der Waals surface area contributed by atoms with Gasteiger partial charge in [-0.05, 0) is 50.8 Å². The average molecular weight is 377 g/mol. The monoisotopic (exact) mass is 377 g/mol. The lowest BCUT2D eigenvalue weighted by Crippen LogP contribution is -2.62. The highest BCUT2D eigenvalue weighted by Gasteiger charge is 2.49. The summed E-state index contributed by atoms with van der Waals surface area (Å²) < 4.78 is 17.4. The van der Waals surface area contributed by atoms with Gasteiger partial charge in [0.25, 0.3) is 0 Å². The van der Waals surface area contributed by atoms with E-state index >= 15 is 0 Å². The number of carbonyl (C=O) groups is 2. The Hall–Kier alpha value is -1.95. The van der Waals surface area contributed by atoms with Crippen LogP contribution in [0.1, 0.15) is 45.4 Å². The Morgan fingerprint density at radius 2 is 1.81 bits per heavy atom. The van der Waals surface area contributed by atoms with Crippen molar-refractivity contribution in [2.75, 3.05) is 38.3 Å². The van der Waals surface area contributed by atoms with Crippen molar-refractivity contribution in [3.05, 3.63) is 30.3 Å². The minimum Gasteiger partial charge on any atom is -0.467 e. The van der Waals surface area contributed by atoms with E-state index in [2.05, 4.69) is 4.90 Å². The number of nitrogens with zero attached hydrogens (tertiary/aromatic N) is 2. The molecule has 150 valence electrons. The number of hydrogen-bond donors (Lipinski definition) is 0. The molecule has 1 aromatic carbocycles. The van der Waals surface area contributed by atoms with Gasteiger partial charge >= 0.3 is 5.97 Å². The van der Waals surface area contributed by atoms with E-state index in [1.54, 1.807) is 4.90 Å². The van der Waals surface area contributed by atoms with E-state index in [-0.39, 0.29) is 18.6 Å². The standard InChI is InChI=1S/C21H31FN2O3/c1-3-19(25)24(18-10-6-4-7-11-18)21(20(26)27-2)12-16-23(17-13-21)15-9-5-8-14-22/h4,6-7,10-11H,3,5,8-9,12-17H2,1-2H3/i22-1. The average Bonchev–Trinajstić information content (AvgIpc) is 2.72. The fourth-order valence-electron chi connectivity index (χ4n) is 3.83. The molecule has 0 radical (unpaired) electrons. The fraction of sp³-hybridized carbons (Fsp3) is 0.619. The molecule has 0 aliphatic carbocycles.